The number of carbonyl (C=O) groups is 2. The van der Waals surface area contributed by atoms with Crippen molar-refractivity contribution in [2.45, 2.75) is 32.2 Å². The third-order valence-electron chi connectivity index (χ3n) is 3.65. The minimum atomic E-state index is -0.317. The van der Waals surface area contributed by atoms with E-state index < -0.39 is 0 Å². The fourth-order valence-corrected chi connectivity index (χ4v) is 2.67. The van der Waals surface area contributed by atoms with Gasteiger partial charge in [-0.15, -0.1) is 0 Å². The number of hydrogen-bond acceptors (Lipinski definition) is 3. The van der Waals surface area contributed by atoms with Gasteiger partial charge in [0.25, 0.3) is 5.91 Å². The van der Waals surface area contributed by atoms with Crippen LogP contribution in [0.1, 0.15) is 37.8 Å². The quantitative estimate of drug-likeness (QED) is 0.619. The Morgan fingerprint density at radius 2 is 2.09 bits per heavy atom. The van der Waals surface area contributed by atoms with Gasteiger partial charge in [0.05, 0.1) is 12.5 Å². The highest BCUT2D eigenvalue weighted by Gasteiger charge is 2.16. The second-order valence-corrected chi connectivity index (χ2v) is 6.39. The van der Waals surface area contributed by atoms with Crippen molar-refractivity contribution in [3.63, 3.8) is 0 Å². The number of carbonyl (C=O) groups excluding carboxylic acids is 2. The zero-order valence-electron chi connectivity index (χ0n) is 12.5. The number of amides is 1. The third-order valence-corrected chi connectivity index (χ3v) is 4.18. The summed E-state index contributed by atoms with van der Waals surface area (Å²) in [7, 11) is 0. The van der Waals surface area contributed by atoms with Gasteiger partial charge >= 0.3 is 5.97 Å². The van der Waals surface area contributed by atoms with Gasteiger partial charge < -0.3 is 10.1 Å². The summed E-state index contributed by atoms with van der Waals surface area (Å²) < 4.78 is 6.02. The summed E-state index contributed by atoms with van der Waals surface area (Å²) in [4.78, 5) is 23.5. The summed E-state index contributed by atoms with van der Waals surface area (Å²) in [6, 6.07) is 7.60. The molecule has 0 saturated carbocycles. The molecule has 2 rings (SSSR count). The number of nitrogens with one attached hydrogen (secondary N) is 1. The molecular weight excluding hydrogens is 346 g/mol. The number of benzene rings is 1. The van der Waals surface area contributed by atoms with Gasteiger partial charge in [-0.05, 0) is 43.4 Å². The summed E-state index contributed by atoms with van der Waals surface area (Å²) in [5.41, 5.74) is 0.999. The maximum Gasteiger partial charge on any atom is 0.306 e. The molecule has 0 fully saturated rings. The van der Waals surface area contributed by atoms with Crippen molar-refractivity contribution in [1.82, 2.24) is 5.32 Å². The number of esters is 1. The van der Waals surface area contributed by atoms with Crippen molar-refractivity contribution in [3.05, 3.63) is 46.5 Å². The molecule has 0 bridgehead atoms. The Kier molecular flexibility index (Phi) is 6.19. The predicted octanol–water partition coefficient (Wildman–Crippen LogP) is 3.53. The summed E-state index contributed by atoms with van der Waals surface area (Å²) in [5, 5.41) is 2.82. The van der Waals surface area contributed by atoms with Crippen LogP contribution in [0.15, 0.2) is 40.9 Å². The lowest BCUT2D eigenvalue weighted by atomic mass is 10.1. The normalized spacial score (nSPS) is 18.0. The van der Waals surface area contributed by atoms with Crippen molar-refractivity contribution in [3.8, 4) is 0 Å². The number of ether oxygens (including phenoxy) is 1. The SMILES string of the molecule is C[C@H](NC(=O)COC(=O)C[C@@H]1C=CCC1)c1ccc(Br)cc1. The molecule has 4 nitrogen and oxygen atoms in total. The van der Waals surface area contributed by atoms with Gasteiger partial charge in [-0.25, -0.2) is 0 Å². The second kappa shape index (κ2) is 8.13. The smallest absolute Gasteiger partial charge is 0.306 e. The first kappa shape index (κ1) is 16.7. The van der Waals surface area contributed by atoms with Gasteiger partial charge in [-0.1, -0.05) is 40.2 Å². The van der Waals surface area contributed by atoms with Crippen LogP contribution in [-0.4, -0.2) is 18.5 Å². The minimum Gasteiger partial charge on any atom is -0.456 e. The largest absolute Gasteiger partial charge is 0.456 e. The maximum atomic E-state index is 11.8. The van der Waals surface area contributed by atoms with Gasteiger partial charge in [0.1, 0.15) is 0 Å². The van der Waals surface area contributed by atoms with Crippen LogP contribution < -0.4 is 5.32 Å². The molecule has 118 valence electrons. The Balaban J connectivity index is 1.71. The molecule has 1 aliphatic rings. The van der Waals surface area contributed by atoms with Crippen molar-refractivity contribution in [2.24, 2.45) is 5.92 Å². The highest BCUT2D eigenvalue weighted by Crippen LogP contribution is 2.20. The molecule has 5 heteroatoms. The summed E-state index contributed by atoms with van der Waals surface area (Å²) in [5.74, 6) is -0.342. The van der Waals surface area contributed by atoms with Crippen LogP contribution in [0.3, 0.4) is 0 Å². The molecule has 1 aromatic carbocycles. The van der Waals surface area contributed by atoms with Gasteiger partial charge in [-0.3, -0.25) is 9.59 Å². The van der Waals surface area contributed by atoms with Crippen molar-refractivity contribution < 1.29 is 14.3 Å². The highest BCUT2D eigenvalue weighted by molar-refractivity contribution is 9.10. The molecule has 1 aromatic rings. The molecule has 0 heterocycles. The first-order valence-corrected chi connectivity index (χ1v) is 8.21. The minimum absolute atomic E-state index is 0.128. The van der Waals surface area contributed by atoms with E-state index in [1.54, 1.807) is 0 Å². The van der Waals surface area contributed by atoms with E-state index >= 15 is 0 Å². The van der Waals surface area contributed by atoms with Crippen LogP contribution in [0.2, 0.25) is 0 Å². The fourth-order valence-electron chi connectivity index (χ4n) is 2.40. The average Bonchev–Trinajstić information content (AvgIpc) is 2.98. The van der Waals surface area contributed by atoms with E-state index in [2.05, 4.69) is 27.3 Å². The Bertz CT molecular complexity index is 554. The molecule has 1 amide bonds. The first-order chi connectivity index (χ1) is 10.5. The van der Waals surface area contributed by atoms with E-state index in [0.717, 1.165) is 22.9 Å². The van der Waals surface area contributed by atoms with E-state index in [4.69, 9.17) is 4.74 Å². The van der Waals surface area contributed by atoms with E-state index in [9.17, 15) is 9.59 Å². The van der Waals surface area contributed by atoms with Crippen LogP contribution >= 0.6 is 15.9 Å². The Morgan fingerprint density at radius 3 is 2.73 bits per heavy atom. The molecule has 0 saturated heterocycles. The molecule has 0 aliphatic heterocycles. The van der Waals surface area contributed by atoms with Gasteiger partial charge in [0, 0.05) is 4.47 Å². The second-order valence-electron chi connectivity index (χ2n) is 5.47. The van der Waals surface area contributed by atoms with E-state index in [-0.39, 0.29) is 30.4 Å². The summed E-state index contributed by atoms with van der Waals surface area (Å²) in [6.45, 7) is 1.67. The van der Waals surface area contributed by atoms with Crippen LogP contribution in [0.25, 0.3) is 0 Å². The van der Waals surface area contributed by atoms with Crippen molar-refractivity contribution in [2.75, 3.05) is 6.61 Å². The average molecular weight is 366 g/mol. The molecule has 1 N–H and O–H groups in total. The van der Waals surface area contributed by atoms with Crippen LogP contribution in [0.5, 0.6) is 0 Å². The van der Waals surface area contributed by atoms with Crippen molar-refractivity contribution in [1.29, 1.82) is 0 Å². The van der Waals surface area contributed by atoms with E-state index in [1.165, 1.54) is 0 Å². The summed E-state index contributed by atoms with van der Waals surface area (Å²) in [6.07, 6.45) is 6.47. The number of halogens is 1. The molecule has 0 spiro atoms. The zero-order valence-corrected chi connectivity index (χ0v) is 14.1. The molecule has 1 aliphatic carbocycles. The standard InChI is InChI=1S/C17H20BrNO3/c1-12(14-6-8-15(18)9-7-14)19-16(20)11-22-17(21)10-13-4-2-3-5-13/h2,4,6-9,12-13H,3,5,10-11H2,1H3,(H,19,20)/t12-,13+/m0/s1. The van der Waals surface area contributed by atoms with E-state index in [0.29, 0.717) is 6.42 Å². The molecule has 0 radical (unpaired) electrons. The molecule has 2 atom stereocenters. The lowest BCUT2D eigenvalue weighted by Crippen LogP contribution is -2.31. The maximum absolute atomic E-state index is 11.8. The Hall–Kier alpha value is -1.62. The van der Waals surface area contributed by atoms with E-state index in [1.807, 2.05) is 37.3 Å². The lowest BCUT2D eigenvalue weighted by molar-refractivity contribution is -0.149. The number of allylic oxidation sites excluding steroid dienone is 2. The lowest BCUT2D eigenvalue weighted by Gasteiger charge is -2.15. The molecule has 0 unspecified atom stereocenters. The predicted molar refractivity (Wildman–Crippen MR) is 88.1 cm³/mol. The highest BCUT2D eigenvalue weighted by atomic mass is 79.9. The van der Waals surface area contributed by atoms with Crippen molar-refractivity contribution >= 4 is 27.8 Å². The first-order valence-electron chi connectivity index (χ1n) is 7.41. The van der Waals surface area contributed by atoms with Gasteiger partial charge in [0.2, 0.25) is 0 Å². The molecular formula is C17H20BrNO3. The van der Waals surface area contributed by atoms with Crippen LogP contribution in [0, 0.1) is 5.92 Å². The van der Waals surface area contributed by atoms with Gasteiger partial charge in [0.15, 0.2) is 6.61 Å². The monoisotopic (exact) mass is 365 g/mol. The number of hydrogen-bond donors (Lipinski definition) is 1. The zero-order chi connectivity index (χ0) is 15.9. The summed E-state index contributed by atoms with van der Waals surface area (Å²) >= 11 is 3.37. The number of rotatable bonds is 6. The van der Waals surface area contributed by atoms with Crippen LogP contribution in [0.4, 0.5) is 0 Å². The Labute approximate surface area is 139 Å². The molecule has 22 heavy (non-hydrogen) atoms. The third kappa shape index (κ3) is 5.30. The fraction of sp³-hybridized carbons (Fsp3) is 0.412. The van der Waals surface area contributed by atoms with Gasteiger partial charge in [-0.2, -0.15) is 0 Å². The Morgan fingerprint density at radius 1 is 1.36 bits per heavy atom. The van der Waals surface area contributed by atoms with Crippen LogP contribution in [-0.2, 0) is 14.3 Å². The topological polar surface area (TPSA) is 55.4 Å². The molecule has 0 aromatic heterocycles.